The van der Waals surface area contributed by atoms with Crippen LogP contribution < -0.4 is 0 Å². The predicted molar refractivity (Wildman–Crippen MR) is 102 cm³/mol. The van der Waals surface area contributed by atoms with Crippen molar-refractivity contribution in [1.29, 1.82) is 0 Å². The molecule has 4 heterocycles. The summed E-state index contributed by atoms with van der Waals surface area (Å²) in [5.74, 6) is 0.577. The average molecular weight is 384 g/mol. The molecular formula is C19H18ClN5O2. The van der Waals surface area contributed by atoms with Crippen LogP contribution in [-0.2, 0) is 22.9 Å². The molecule has 0 N–H and O–H groups in total. The number of aromatic nitrogens is 4. The minimum atomic E-state index is 0.00757. The van der Waals surface area contributed by atoms with Gasteiger partial charge in [-0.15, -0.1) is 0 Å². The number of aryl methyl sites for hydroxylation is 1. The molecule has 0 saturated heterocycles. The highest BCUT2D eigenvalue weighted by atomic mass is 35.5. The van der Waals surface area contributed by atoms with Crippen molar-refractivity contribution >= 4 is 17.5 Å². The van der Waals surface area contributed by atoms with Gasteiger partial charge < -0.3 is 14.0 Å². The zero-order valence-electron chi connectivity index (χ0n) is 15.0. The lowest BCUT2D eigenvalue weighted by atomic mass is 10.0. The molecule has 7 nitrogen and oxygen atoms in total. The molecule has 5 rings (SSSR count). The van der Waals surface area contributed by atoms with E-state index in [9.17, 15) is 0 Å². The monoisotopic (exact) mass is 383 g/mol. The summed E-state index contributed by atoms with van der Waals surface area (Å²) in [6, 6.07) is 5.85. The van der Waals surface area contributed by atoms with E-state index in [0.717, 1.165) is 33.9 Å². The molecule has 2 aliphatic heterocycles. The van der Waals surface area contributed by atoms with Gasteiger partial charge in [0.15, 0.2) is 0 Å². The second kappa shape index (κ2) is 6.21. The van der Waals surface area contributed by atoms with E-state index < -0.39 is 0 Å². The Morgan fingerprint density at radius 3 is 3.07 bits per heavy atom. The van der Waals surface area contributed by atoms with Crippen molar-refractivity contribution in [2.24, 2.45) is 12.0 Å². The summed E-state index contributed by atoms with van der Waals surface area (Å²) in [6.45, 7) is 1.05. The Balaban J connectivity index is 1.68. The van der Waals surface area contributed by atoms with Crippen LogP contribution in [0.3, 0.4) is 0 Å². The Morgan fingerprint density at radius 1 is 1.33 bits per heavy atom. The smallest absolute Gasteiger partial charge is 0.237 e. The van der Waals surface area contributed by atoms with Crippen LogP contribution in [0.5, 0.6) is 0 Å². The molecule has 0 fully saturated rings. The van der Waals surface area contributed by atoms with Crippen LogP contribution in [0.2, 0.25) is 5.02 Å². The van der Waals surface area contributed by atoms with E-state index in [0.29, 0.717) is 30.6 Å². The minimum Gasteiger partial charge on any atom is -0.474 e. The number of hydrogen-bond acceptors (Lipinski definition) is 5. The highest BCUT2D eigenvalue weighted by Crippen LogP contribution is 2.37. The fourth-order valence-electron chi connectivity index (χ4n) is 3.73. The largest absolute Gasteiger partial charge is 0.474 e. The lowest BCUT2D eigenvalue weighted by Crippen LogP contribution is -2.12. The number of rotatable bonds is 3. The van der Waals surface area contributed by atoms with E-state index in [1.807, 2.05) is 42.5 Å². The van der Waals surface area contributed by atoms with Gasteiger partial charge in [0, 0.05) is 42.9 Å². The summed E-state index contributed by atoms with van der Waals surface area (Å²) in [7, 11) is 3.60. The average Bonchev–Trinajstić information content (AvgIpc) is 3.33. The van der Waals surface area contributed by atoms with E-state index >= 15 is 0 Å². The highest BCUT2D eigenvalue weighted by Gasteiger charge is 2.29. The van der Waals surface area contributed by atoms with E-state index in [2.05, 4.69) is 19.6 Å². The van der Waals surface area contributed by atoms with Gasteiger partial charge in [0.25, 0.3) is 0 Å². The van der Waals surface area contributed by atoms with Gasteiger partial charge in [-0.3, -0.25) is 4.68 Å². The Labute approximate surface area is 161 Å². The molecule has 0 radical (unpaired) electrons. The predicted octanol–water partition coefficient (Wildman–Crippen LogP) is 2.62. The van der Waals surface area contributed by atoms with Crippen molar-refractivity contribution in [1.82, 2.24) is 19.3 Å². The van der Waals surface area contributed by atoms with Crippen LogP contribution in [0.15, 0.2) is 35.7 Å². The molecule has 2 aliphatic rings. The van der Waals surface area contributed by atoms with Crippen molar-refractivity contribution < 1.29 is 9.47 Å². The van der Waals surface area contributed by atoms with E-state index in [-0.39, 0.29) is 6.04 Å². The third kappa shape index (κ3) is 2.65. The van der Waals surface area contributed by atoms with Gasteiger partial charge in [-0.05, 0) is 18.2 Å². The number of benzene rings is 1. The Bertz CT molecular complexity index is 1070. The van der Waals surface area contributed by atoms with Crippen LogP contribution in [0.25, 0.3) is 16.9 Å². The first-order valence-electron chi connectivity index (χ1n) is 8.73. The van der Waals surface area contributed by atoms with Gasteiger partial charge in [-0.25, -0.2) is 9.98 Å². The van der Waals surface area contributed by atoms with Gasteiger partial charge in [-0.2, -0.15) is 5.10 Å². The molecule has 0 saturated carbocycles. The van der Waals surface area contributed by atoms with E-state index in [1.165, 1.54) is 0 Å². The molecule has 1 unspecified atom stereocenters. The lowest BCUT2D eigenvalue weighted by Gasteiger charge is -2.10. The molecule has 0 bridgehead atoms. The number of halogens is 1. The first-order valence-corrected chi connectivity index (χ1v) is 9.11. The van der Waals surface area contributed by atoms with Crippen molar-refractivity contribution in [2.75, 3.05) is 20.3 Å². The van der Waals surface area contributed by atoms with Crippen LogP contribution in [0, 0.1) is 0 Å². The number of ether oxygens (including phenoxy) is 2. The summed E-state index contributed by atoms with van der Waals surface area (Å²) in [4.78, 5) is 9.27. The maximum atomic E-state index is 6.27. The second-order valence-corrected chi connectivity index (χ2v) is 7.22. The Morgan fingerprint density at radius 2 is 2.22 bits per heavy atom. The van der Waals surface area contributed by atoms with Gasteiger partial charge in [0.2, 0.25) is 5.90 Å². The Kier molecular flexibility index (Phi) is 3.80. The summed E-state index contributed by atoms with van der Waals surface area (Å²) < 4.78 is 14.9. The minimum absolute atomic E-state index is 0.00757. The fourth-order valence-corrected chi connectivity index (χ4v) is 3.91. The second-order valence-electron chi connectivity index (χ2n) is 6.78. The van der Waals surface area contributed by atoms with Crippen LogP contribution >= 0.6 is 11.6 Å². The number of nitrogens with zero attached hydrogens (tertiary/aromatic N) is 5. The van der Waals surface area contributed by atoms with Crippen molar-refractivity contribution in [3.63, 3.8) is 0 Å². The first-order chi connectivity index (χ1) is 13.1. The summed E-state index contributed by atoms with van der Waals surface area (Å²) in [5, 5.41) is 5.35. The lowest BCUT2D eigenvalue weighted by molar-refractivity contribution is 0.165. The standard InChI is InChI=1S/C19H18ClN5O2/c1-24-7-11-5-16-18(19-22-13(8-26-2)9-27-19)21-10-25(16)15-4-3-12(20)6-14(15)17(11)23-24/h3-4,6-7,10,13H,5,8-9H2,1-2H3. The molecule has 0 spiro atoms. The quantitative estimate of drug-likeness (QED) is 0.545. The maximum absolute atomic E-state index is 6.27. The topological polar surface area (TPSA) is 66.5 Å². The van der Waals surface area contributed by atoms with Crippen LogP contribution in [0.4, 0.5) is 0 Å². The zero-order valence-corrected chi connectivity index (χ0v) is 15.8. The van der Waals surface area contributed by atoms with Crippen molar-refractivity contribution in [3.8, 4) is 16.9 Å². The summed E-state index contributed by atoms with van der Waals surface area (Å²) in [6.07, 6.45) is 4.54. The first kappa shape index (κ1) is 16.5. The molecule has 1 aromatic carbocycles. The SMILES string of the molecule is COCC1COC(c2ncn3c2Cc2cn(C)nc2-c2cc(Cl)ccc2-3)=N1. The number of aliphatic imine (C=N–C) groups is 1. The number of methoxy groups -OCH3 is 1. The van der Waals surface area contributed by atoms with Gasteiger partial charge in [0.05, 0.1) is 23.7 Å². The molecule has 0 aliphatic carbocycles. The maximum Gasteiger partial charge on any atom is 0.237 e. The summed E-state index contributed by atoms with van der Waals surface area (Å²) >= 11 is 6.27. The van der Waals surface area contributed by atoms with Gasteiger partial charge >= 0.3 is 0 Å². The highest BCUT2D eigenvalue weighted by molar-refractivity contribution is 6.31. The number of hydrogen-bond donors (Lipinski definition) is 0. The normalized spacial score (nSPS) is 17.6. The molecule has 138 valence electrons. The molecule has 8 heteroatoms. The molecule has 1 atom stereocenters. The van der Waals surface area contributed by atoms with Crippen molar-refractivity contribution in [2.45, 2.75) is 12.5 Å². The van der Waals surface area contributed by atoms with Crippen LogP contribution in [0.1, 0.15) is 17.0 Å². The zero-order chi connectivity index (χ0) is 18.5. The molecule has 27 heavy (non-hydrogen) atoms. The number of imidazole rings is 1. The van der Waals surface area contributed by atoms with Gasteiger partial charge in [0.1, 0.15) is 24.7 Å². The van der Waals surface area contributed by atoms with Gasteiger partial charge in [-0.1, -0.05) is 11.6 Å². The van der Waals surface area contributed by atoms with Crippen LogP contribution in [-0.4, -0.2) is 51.6 Å². The number of fused-ring (bicyclic) bond motifs is 5. The van der Waals surface area contributed by atoms with E-state index in [1.54, 1.807) is 7.11 Å². The Hall–Kier alpha value is -2.64. The summed E-state index contributed by atoms with van der Waals surface area (Å²) in [5.41, 5.74) is 5.85. The third-order valence-corrected chi connectivity index (χ3v) is 5.11. The molecule has 2 aromatic heterocycles. The molecular weight excluding hydrogens is 366 g/mol. The van der Waals surface area contributed by atoms with E-state index in [4.69, 9.17) is 21.1 Å². The molecule has 3 aromatic rings. The third-order valence-electron chi connectivity index (χ3n) is 4.88. The van der Waals surface area contributed by atoms with Crippen molar-refractivity contribution in [3.05, 3.63) is 52.7 Å². The fraction of sp³-hybridized carbons (Fsp3) is 0.316. The molecule has 0 amide bonds.